The number of rotatable bonds is 2. The van der Waals surface area contributed by atoms with Crippen molar-refractivity contribution in [2.45, 2.75) is 9.37 Å². The molecule has 0 spiro atoms. The first-order chi connectivity index (χ1) is 7.83. The molecule has 0 aliphatic rings. The summed E-state index contributed by atoms with van der Waals surface area (Å²) in [6, 6.07) is 0. The van der Waals surface area contributed by atoms with Crippen molar-refractivity contribution in [2.24, 2.45) is 0 Å². The molecule has 4 nitrogen and oxygen atoms in total. The van der Waals surface area contributed by atoms with E-state index < -0.39 is 0 Å². The second kappa shape index (κ2) is 4.15. The summed E-state index contributed by atoms with van der Waals surface area (Å²) in [5.41, 5.74) is 0.850. The molecular formula is C9H5BrN4S2. The molecular weight excluding hydrogens is 308 g/mol. The van der Waals surface area contributed by atoms with Crippen molar-refractivity contribution in [3.05, 3.63) is 34.8 Å². The van der Waals surface area contributed by atoms with Gasteiger partial charge in [-0.15, -0.1) is 11.3 Å². The molecule has 3 aromatic rings. The number of fused-ring (bicyclic) bond motifs is 1. The summed E-state index contributed by atoms with van der Waals surface area (Å²) >= 11 is 6.50. The van der Waals surface area contributed by atoms with E-state index in [1.165, 1.54) is 11.8 Å². The van der Waals surface area contributed by atoms with Gasteiger partial charge in [0.2, 0.25) is 0 Å². The highest BCUT2D eigenvalue weighted by atomic mass is 79.9. The van der Waals surface area contributed by atoms with Gasteiger partial charge in [0.25, 0.3) is 0 Å². The van der Waals surface area contributed by atoms with Crippen LogP contribution in [0.1, 0.15) is 0 Å². The van der Waals surface area contributed by atoms with Crippen LogP contribution in [0.5, 0.6) is 0 Å². The van der Waals surface area contributed by atoms with E-state index in [0.29, 0.717) is 0 Å². The van der Waals surface area contributed by atoms with Gasteiger partial charge in [0.1, 0.15) is 9.63 Å². The average Bonchev–Trinajstić information content (AvgIpc) is 2.87. The van der Waals surface area contributed by atoms with Crippen molar-refractivity contribution >= 4 is 44.7 Å². The van der Waals surface area contributed by atoms with Crippen LogP contribution in [-0.2, 0) is 0 Å². The zero-order valence-electron chi connectivity index (χ0n) is 7.87. The van der Waals surface area contributed by atoms with Crippen LogP contribution in [0.3, 0.4) is 0 Å². The second-order valence-corrected chi connectivity index (χ2v) is 5.87. The SMILES string of the molecule is Brc1cn2ccnc2c(Sc2nccs2)n1. The van der Waals surface area contributed by atoms with E-state index >= 15 is 0 Å². The zero-order chi connectivity index (χ0) is 11.0. The molecule has 0 saturated heterocycles. The van der Waals surface area contributed by atoms with Crippen LogP contribution in [0.4, 0.5) is 0 Å². The van der Waals surface area contributed by atoms with E-state index in [1.807, 2.05) is 22.2 Å². The Hall–Kier alpha value is -0.920. The van der Waals surface area contributed by atoms with Crippen LogP contribution in [0.2, 0.25) is 0 Å². The fourth-order valence-corrected chi connectivity index (χ4v) is 3.43. The van der Waals surface area contributed by atoms with Gasteiger partial charge in [-0.2, -0.15) is 0 Å². The summed E-state index contributed by atoms with van der Waals surface area (Å²) in [4.78, 5) is 12.9. The smallest absolute Gasteiger partial charge is 0.170 e. The number of imidazole rings is 1. The fraction of sp³-hybridized carbons (Fsp3) is 0. The Morgan fingerprint density at radius 1 is 1.31 bits per heavy atom. The van der Waals surface area contributed by atoms with Crippen LogP contribution >= 0.6 is 39.0 Å². The van der Waals surface area contributed by atoms with Crippen molar-refractivity contribution in [1.29, 1.82) is 0 Å². The molecule has 0 bridgehead atoms. The maximum Gasteiger partial charge on any atom is 0.170 e. The van der Waals surface area contributed by atoms with Gasteiger partial charge < -0.3 is 4.40 Å². The molecule has 0 amide bonds. The molecule has 0 aromatic carbocycles. The maximum atomic E-state index is 4.41. The van der Waals surface area contributed by atoms with Gasteiger partial charge in [-0.05, 0) is 27.7 Å². The van der Waals surface area contributed by atoms with Gasteiger partial charge in [-0.3, -0.25) is 0 Å². The first-order valence-electron chi connectivity index (χ1n) is 4.39. The highest BCUT2D eigenvalue weighted by molar-refractivity contribution is 9.10. The summed E-state index contributed by atoms with van der Waals surface area (Å²) in [6.07, 6.45) is 7.32. The molecule has 16 heavy (non-hydrogen) atoms. The fourth-order valence-electron chi connectivity index (χ4n) is 1.29. The first kappa shape index (κ1) is 10.2. The van der Waals surface area contributed by atoms with Gasteiger partial charge in [0.15, 0.2) is 9.99 Å². The molecule has 7 heteroatoms. The lowest BCUT2D eigenvalue weighted by molar-refractivity contribution is 1.01. The lowest BCUT2D eigenvalue weighted by Gasteiger charge is -2.01. The Morgan fingerprint density at radius 2 is 2.25 bits per heavy atom. The molecule has 80 valence electrons. The predicted octanol–water partition coefficient (Wildman–Crippen LogP) is 3.10. The summed E-state index contributed by atoms with van der Waals surface area (Å²) < 4.78 is 3.69. The standard InChI is InChI=1S/C9H5BrN4S2/c10-6-5-14-3-1-11-7(14)8(13-6)16-9-12-2-4-15-9/h1-5H. The maximum absolute atomic E-state index is 4.41. The topological polar surface area (TPSA) is 43.1 Å². The second-order valence-electron chi connectivity index (χ2n) is 2.93. The highest BCUT2D eigenvalue weighted by Crippen LogP contribution is 2.30. The van der Waals surface area contributed by atoms with E-state index in [9.17, 15) is 0 Å². The molecule has 0 radical (unpaired) electrons. The van der Waals surface area contributed by atoms with Gasteiger partial charge in [-0.1, -0.05) is 0 Å². The van der Waals surface area contributed by atoms with Crippen molar-refractivity contribution in [1.82, 2.24) is 19.4 Å². The van der Waals surface area contributed by atoms with Crippen LogP contribution in [0.15, 0.2) is 44.1 Å². The van der Waals surface area contributed by atoms with Crippen LogP contribution in [0.25, 0.3) is 5.65 Å². The van der Waals surface area contributed by atoms with Crippen molar-refractivity contribution in [3.63, 3.8) is 0 Å². The number of nitrogens with zero attached hydrogens (tertiary/aromatic N) is 4. The van der Waals surface area contributed by atoms with E-state index in [2.05, 4.69) is 30.9 Å². The molecule has 3 rings (SSSR count). The molecule has 0 unspecified atom stereocenters. The van der Waals surface area contributed by atoms with E-state index in [4.69, 9.17) is 0 Å². The molecule has 0 aliphatic carbocycles. The highest BCUT2D eigenvalue weighted by Gasteiger charge is 2.09. The van der Waals surface area contributed by atoms with E-state index in [1.54, 1.807) is 23.7 Å². The number of thiazole rings is 1. The normalized spacial score (nSPS) is 11.1. The van der Waals surface area contributed by atoms with Gasteiger partial charge >= 0.3 is 0 Å². The molecule has 0 saturated carbocycles. The largest absolute Gasteiger partial charge is 0.302 e. The Morgan fingerprint density at radius 3 is 3.06 bits per heavy atom. The molecule has 0 atom stereocenters. The summed E-state index contributed by atoms with van der Waals surface area (Å²) in [6.45, 7) is 0. The van der Waals surface area contributed by atoms with Crippen LogP contribution in [-0.4, -0.2) is 19.4 Å². The molecule has 0 fully saturated rings. The molecule has 3 aromatic heterocycles. The Balaban J connectivity index is 2.11. The molecule has 0 N–H and O–H groups in total. The average molecular weight is 313 g/mol. The summed E-state index contributed by atoms with van der Waals surface area (Å²) in [5, 5.41) is 2.80. The Bertz CT molecular complexity index is 620. The third-order valence-electron chi connectivity index (χ3n) is 1.91. The van der Waals surface area contributed by atoms with E-state index in [0.717, 1.165) is 19.6 Å². The summed E-state index contributed by atoms with van der Waals surface area (Å²) in [5.74, 6) is 0. The van der Waals surface area contributed by atoms with Gasteiger partial charge in [0.05, 0.1) is 0 Å². The molecule has 0 aliphatic heterocycles. The number of halogens is 1. The van der Waals surface area contributed by atoms with Crippen molar-refractivity contribution < 1.29 is 0 Å². The zero-order valence-corrected chi connectivity index (χ0v) is 11.1. The first-order valence-corrected chi connectivity index (χ1v) is 6.88. The summed E-state index contributed by atoms with van der Waals surface area (Å²) in [7, 11) is 0. The van der Waals surface area contributed by atoms with Crippen molar-refractivity contribution in [3.8, 4) is 0 Å². The van der Waals surface area contributed by atoms with E-state index in [-0.39, 0.29) is 0 Å². The number of aromatic nitrogens is 4. The minimum absolute atomic E-state index is 0.789. The number of hydrogen-bond donors (Lipinski definition) is 0. The van der Waals surface area contributed by atoms with Crippen molar-refractivity contribution in [2.75, 3.05) is 0 Å². The minimum Gasteiger partial charge on any atom is -0.302 e. The quantitative estimate of drug-likeness (QED) is 0.729. The van der Waals surface area contributed by atoms with Crippen LogP contribution < -0.4 is 0 Å². The number of hydrogen-bond acceptors (Lipinski definition) is 5. The lowest BCUT2D eigenvalue weighted by atomic mass is 10.7. The third-order valence-corrected chi connectivity index (χ3v) is 4.14. The molecule has 3 heterocycles. The lowest BCUT2D eigenvalue weighted by Crippen LogP contribution is -1.91. The van der Waals surface area contributed by atoms with Gasteiger partial charge in [-0.25, -0.2) is 15.0 Å². The monoisotopic (exact) mass is 312 g/mol. The minimum atomic E-state index is 0.789. The van der Waals surface area contributed by atoms with Gasteiger partial charge in [0, 0.05) is 30.2 Å². The van der Waals surface area contributed by atoms with Crippen LogP contribution in [0, 0.1) is 0 Å². The third kappa shape index (κ3) is 1.85. The predicted molar refractivity (Wildman–Crippen MR) is 66.9 cm³/mol. The Labute approximate surface area is 108 Å². The Kier molecular flexibility index (Phi) is 2.66.